The van der Waals surface area contributed by atoms with Crippen LogP contribution in [0.3, 0.4) is 0 Å². The number of hydrogen-bond donors (Lipinski definition) is 2. The van der Waals surface area contributed by atoms with Crippen molar-refractivity contribution in [3.05, 3.63) is 0 Å². The molecule has 0 aromatic heterocycles. The van der Waals surface area contributed by atoms with E-state index in [1.807, 2.05) is 23.5 Å². The minimum Gasteiger partial charge on any atom is -0.179 e. The number of hydrogen-bond acceptors (Lipinski definition) is 4. The summed E-state index contributed by atoms with van der Waals surface area (Å²) in [6.07, 6.45) is 2.14. The average molecular weight is 214 g/mol. The highest BCUT2D eigenvalue weighted by molar-refractivity contribution is 8.03. The predicted octanol–water partition coefficient (Wildman–Crippen LogP) is 2.31. The summed E-state index contributed by atoms with van der Waals surface area (Å²) in [5.41, 5.74) is 0. The van der Waals surface area contributed by atoms with Gasteiger partial charge in [-0.15, -0.1) is 0 Å². The van der Waals surface area contributed by atoms with Gasteiger partial charge in [-0.3, -0.25) is 0 Å². The Morgan fingerprint density at radius 3 is 2.50 bits per heavy atom. The van der Waals surface area contributed by atoms with Crippen molar-refractivity contribution >= 4 is 48.8 Å². The third-order valence-electron chi connectivity index (χ3n) is 1.08. The topological polar surface area (TPSA) is 0 Å². The van der Waals surface area contributed by atoms with E-state index in [-0.39, 0.29) is 0 Å². The molecule has 0 radical (unpaired) electrons. The summed E-state index contributed by atoms with van der Waals surface area (Å²) in [6.45, 7) is 0. The molecular weight excluding hydrogens is 200 g/mol. The first-order valence-corrected chi connectivity index (χ1v) is 6.88. The Bertz CT molecular complexity index is 62.8. The van der Waals surface area contributed by atoms with Crippen LogP contribution in [0.25, 0.3) is 0 Å². The molecule has 0 saturated carbocycles. The van der Waals surface area contributed by atoms with E-state index in [1.54, 1.807) is 0 Å². The second kappa shape index (κ2) is 8.50. The van der Waals surface area contributed by atoms with Crippen LogP contribution in [0.15, 0.2) is 0 Å². The van der Waals surface area contributed by atoms with Gasteiger partial charge in [-0.1, -0.05) is 0 Å². The Hall–Kier alpha value is 1.40. The lowest BCUT2D eigenvalue weighted by Crippen LogP contribution is -2.07. The third kappa shape index (κ3) is 6.13. The molecule has 0 aliphatic heterocycles. The van der Waals surface area contributed by atoms with Crippen molar-refractivity contribution in [3.63, 3.8) is 0 Å². The van der Waals surface area contributed by atoms with Gasteiger partial charge in [0.2, 0.25) is 0 Å². The Morgan fingerprint density at radius 2 is 2.10 bits per heavy atom. The normalized spacial score (nSPS) is 13.5. The summed E-state index contributed by atoms with van der Waals surface area (Å²) >= 11 is 12.2. The zero-order valence-electron chi connectivity index (χ0n) is 6.12. The van der Waals surface area contributed by atoms with Gasteiger partial charge in [0.25, 0.3) is 0 Å². The maximum Gasteiger partial charge on any atom is 0.0223 e. The van der Waals surface area contributed by atoms with Crippen LogP contribution in [-0.2, 0) is 0 Å². The molecule has 10 heavy (non-hydrogen) atoms. The summed E-state index contributed by atoms with van der Waals surface area (Å²) in [5, 5.41) is 0.716. The molecule has 0 spiro atoms. The first-order valence-electron chi connectivity index (χ1n) is 3.17. The Kier molecular flexibility index (Phi) is 9.69. The van der Waals surface area contributed by atoms with E-state index < -0.39 is 0 Å². The van der Waals surface area contributed by atoms with Crippen molar-refractivity contribution < 1.29 is 0 Å². The van der Waals surface area contributed by atoms with Crippen molar-refractivity contribution in [3.8, 4) is 0 Å². The number of rotatable bonds is 6. The van der Waals surface area contributed by atoms with Gasteiger partial charge in [-0.2, -0.15) is 48.8 Å². The van der Waals surface area contributed by atoms with E-state index in [4.69, 9.17) is 0 Å². The van der Waals surface area contributed by atoms with Crippen molar-refractivity contribution in [1.82, 2.24) is 0 Å². The zero-order valence-corrected chi connectivity index (χ0v) is 9.54. The average Bonchev–Trinajstić information content (AvgIpc) is 1.99. The summed E-state index contributed by atoms with van der Waals surface area (Å²) in [6, 6.07) is 0. The number of thiol groups is 2. The van der Waals surface area contributed by atoms with E-state index in [2.05, 4.69) is 31.5 Å². The predicted molar refractivity (Wildman–Crippen MR) is 62.3 cm³/mol. The quantitative estimate of drug-likeness (QED) is 0.514. The standard InChI is InChI=1S/C6H14S4/c1-9-6(4-8)5-10-3-2-7/h6-8H,2-5H2,1H3. The highest BCUT2D eigenvalue weighted by atomic mass is 32.2. The second-order valence-electron chi connectivity index (χ2n) is 1.84. The molecule has 0 aromatic rings. The van der Waals surface area contributed by atoms with Gasteiger partial charge in [0, 0.05) is 22.5 Å². The van der Waals surface area contributed by atoms with E-state index in [9.17, 15) is 0 Å². The van der Waals surface area contributed by atoms with Crippen LogP contribution in [0, 0.1) is 0 Å². The fourth-order valence-electron chi connectivity index (χ4n) is 0.475. The molecular formula is C6H14S4. The van der Waals surface area contributed by atoms with E-state index in [0.29, 0.717) is 5.25 Å². The SMILES string of the molecule is CSC(CS)CSCCS. The monoisotopic (exact) mass is 214 g/mol. The molecule has 0 N–H and O–H groups in total. The van der Waals surface area contributed by atoms with Gasteiger partial charge in [-0.05, 0) is 12.0 Å². The molecule has 1 unspecified atom stereocenters. The summed E-state index contributed by atoms with van der Waals surface area (Å²) in [4.78, 5) is 0. The van der Waals surface area contributed by atoms with Gasteiger partial charge in [-0.25, -0.2) is 0 Å². The first kappa shape index (κ1) is 11.4. The first-order chi connectivity index (χ1) is 4.85. The summed E-state index contributed by atoms with van der Waals surface area (Å²) in [5.74, 6) is 4.35. The maximum atomic E-state index is 4.24. The van der Waals surface area contributed by atoms with Crippen LogP contribution in [-0.4, -0.2) is 34.5 Å². The molecule has 0 aliphatic rings. The van der Waals surface area contributed by atoms with Crippen LogP contribution in [0.5, 0.6) is 0 Å². The van der Waals surface area contributed by atoms with E-state index >= 15 is 0 Å². The van der Waals surface area contributed by atoms with Crippen LogP contribution >= 0.6 is 48.8 Å². The maximum absolute atomic E-state index is 4.24. The minimum absolute atomic E-state index is 0.716. The minimum atomic E-state index is 0.716. The molecule has 0 aliphatic carbocycles. The molecule has 0 aromatic carbocycles. The van der Waals surface area contributed by atoms with Gasteiger partial charge in [0.15, 0.2) is 0 Å². The molecule has 0 bridgehead atoms. The van der Waals surface area contributed by atoms with E-state index in [1.165, 1.54) is 5.75 Å². The van der Waals surface area contributed by atoms with Gasteiger partial charge < -0.3 is 0 Å². The van der Waals surface area contributed by atoms with E-state index in [0.717, 1.165) is 17.3 Å². The van der Waals surface area contributed by atoms with Crippen LogP contribution < -0.4 is 0 Å². The Labute approximate surface area is 83.1 Å². The lowest BCUT2D eigenvalue weighted by molar-refractivity contribution is 1.16. The molecule has 62 valence electrons. The van der Waals surface area contributed by atoms with Crippen LogP contribution in [0.1, 0.15) is 0 Å². The fourth-order valence-corrected chi connectivity index (χ4v) is 3.27. The van der Waals surface area contributed by atoms with Crippen molar-refractivity contribution in [2.24, 2.45) is 0 Å². The highest BCUT2D eigenvalue weighted by Crippen LogP contribution is 2.14. The Balaban J connectivity index is 3.09. The van der Waals surface area contributed by atoms with Crippen LogP contribution in [0.4, 0.5) is 0 Å². The third-order valence-corrected chi connectivity index (χ3v) is 4.63. The highest BCUT2D eigenvalue weighted by Gasteiger charge is 2.02. The molecule has 0 amide bonds. The zero-order chi connectivity index (χ0) is 7.82. The largest absolute Gasteiger partial charge is 0.179 e. The molecule has 0 rings (SSSR count). The lowest BCUT2D eigenvalue weighted by atomic mass is 10.5. The Morgan fingerprint density at radius 1 is 1.40 bits per heavy atom. The van der Waals surface area contributed by atoms with Gasteiger partial charge >= 0.3 is 0 Å². The fraction of sp³-hybridized carbons (Fsp3) is 1.00. The number of thioether (sulfide) groups is 2. The van der Waals surface area contributed by atoms with Crippen LogP contribution in [0.2, 0.25) is 0 Å². The smallest absolute Gasteiger partial charge is 0.0223 e. The molecule has 0 saturated heterocycles. The molecule has 0 nitrogen and oxygen atoms in total. The summed E-state index contributed by atoms with van der Waals surface area (Å²) < 4.78 is 0. The second-order valence-corrected chi connectivity index (χ2v) is 4.94. The van der Waals surface area contributed by atoms with Crippen molar-refractivity contribution in [1.29, 1.82) is 0 Å². The van der Waals surface area contributed by atoms with Gasteiger partial charge in [0.05, 0.1) is 0 Å². The van der Waals surface area contributed by atoms with Gasteiger partial charge in [0.1, 0.15) is 0 Å². The molecule has 0 heterocycles. The van der Waals surface area contributed by atoms with Crippen molar-refractivity contribution in [2.45, 2.75) is 5.25 Å². The van der Waals surface area contributed by atoms with Crippen molar-refractivity contribution in [2.75, 3.05) is 29.3 Å². The molecule has 1 atom stereocenters. The molecule has 0 fully saturated rings. The summed E-state index contributed by atoms with van der Waals surface area (Å²) in [7, 11) is 0. The lowest BCUT2D eigenvalue weighted by Gasteiger charge is -2.09. The molecule has 4 heteroatoms.